The van der Waals surface area contributed by atoms with E-state index in [4.69, 9.17) is 15.1 Å². The molecule has 1 N–H and O–H groups in total. The maximum atomic E-state index is 14.2. The van der Waals surface area contributed by atoms with Crippen LogP contribution in [0.2, 0.25) is 0 Å². The minimum absolute atomic E-state index is 0.276. The first-order valence-electron chi connectivity index (χ1n) is 14.6. The highest BCUT2D eigenvalue weighted by Crippen LogP contribution is 2.48. The third-order valence-electron chi connectivity index (χ3n) is 8.08. The molecule has 214 valence electrons. The second kappa shape index (κ2) is 10.9. The molecule has 5 aromatic rings. The quantitative estimate of drug-likeness (QED) is 0.225. The topological polar surface area (TPSA) is 61.0 Å². The zero-order chi connectivity index (χ0) is 29.5. The van der Waals surface area contributed by atoms with Crippen LogP contribution in [0.1, 0.15) is 36.7 Å². The molecule has 4 aromatic carbocycles. The number of nitrogens with zero attached hydrogens (tertiary/aromatic N) is 6. The Morgan fingerprint density at radius 3 is 2.23 bits per heavy atom. The van der Waals surface area contributed by atoms with Crippen LogP contribution in [-0.4, -0.2) is 34.5 Å². The number of hydrogen-bond acceptors (Lipinski definition) is 6. The van der Waals surface area contributed by atoms with Gasteiger partial charge in [0.2, 0.25) is 0 Å². The molecular weight excluding hydrogens is 537 g/mol. The summed E-state index contributed by atoms with van der Waals surface area (Å²) in [5, 5.41) is 8.54. The SMILES string of the molecule is CCN(CC)c1ccc(NC2=Nc3ccccc3N3C2=Nc2c(c(C)nn2-c2ccccc2)[C@H]3c2ccc(F)cc2)cc1. The Morgan fingerprint density at radius 2 is 1.51 bits per heavy atom. The molecule has 43 heavy (non-hydrogen) atoms. The third kappa shape index (κ3) is 4.65. The van der Waals surface area contributed by atoms with Crippen molar-refractivity contribution in [2.24, 2.45) is 9.98 Å². The van der Waals surface area contributed by atoms with Gasteiger partial charge in [0, 0.05) is 30.0 Å². The lowest BCUT2D eigenvalue weighted by atomic mass is 9.93. The summed E-state index contributed by atoms with van der Waals surface area (Å²) in [5.41, 5.74) is 7.52. The number of anilines is 3. The Labute approximate surface area is 250 Å². The van der Waals surface area contributed by atoms with Gasteiger partial charge in [-0.05, 0) is 87.0 Å². The number of para-hydroxylation sites is 3. The van der Waals surface area contributed by atoms with Gasteiger partial charge < -0.3 is 15.1 Å². The minimum atomic E-state index is -0.306. The smallest absolute Gasteiger partial charge is 0.179 e. The van der Waals surface area contributed by atoms with Gasteiger partial charge in [-0.25, -0.2) is 19.1 Å². The van der Waals surface area contributed by atoms with Gasteiger partial charge in [-0.3, -0.25) is 0 Å². The molecule has 0 saturated heterocycles. The van der Waals surface area contributed by atoms with Gasteiger partial charge in [-0.1, -0.05) is 42.5 Å². The van der Waals surface area contributed by atoms with Gasteiger partial charge in [0.25, 0.3) is 0 Å². The van der Waals surface area contributed by atoms with Crippen molar-refractivity contribution in [2.45, 2.75) is 26.8 Å². The maximum absolute atomic E-state index is 14.2. The van der Waals surface area contributed by atoms with E-state index < -0.39 is 0 Å². The van der Waals surface area contributed by atoms with Crippen LogP contribution >= 0.6 is 0 Å². The van der Waals surface area contributed by atoms with E-state index in [1.165, 1.54) is 17.8 Å². The second-order valence-corrected chi connectivity index (χ2v) is 10.6. The predicted molar refractivity (Wildman–Crippen MR) is 173 cm³/mol. The molecule has 0 fully saturated rings. The fraction of sp³-hybridized carbons (Fsp3) is 0.171. The number of nitrogens with one attached hydrogen (secondary N) is 1. The van der Waals surface area contributed by atoms with Crippen LogP contribution in [0.4, 0.5) is 33.0 Å². The lowest BCUT2D eigenvalue weighted by Crippen LogP contribution is -2.46. The monoisotopic (exact) mass is 569 g/mol. The van der Waals surface area contributed by atoms with Crippen molar-refractivity contribution in [3.8, 4) is 5.69 Å². The van der Waals surface area contributed by atoms with Gasteiger partial charge >= 0.3 is 0 Å². The van der Waals surface area contributed by atoms with Crippen molar-refractivity contribution in [1.82, 2.24) is 9.78 Å². The number of aromatic nitrogens is 2. The van der Waals surface area contributed by atoms with Crippen molar-refractivity contribution in [3.63, 3.8) is 0 Å². The fourth-order valence-corrected chi connectivity index (χ4v) is 5.99. The number of halogens is 1. The highest BCUT2D eigenvalue weighted by molar-refractivity contribution is 6.51. The Hall–Kier alpha value is -5.24. The molecule has 8 heteroatoms. The summed E-state index contributed by atoms with van der Waals surface area (Å²) in [4.78, 5) is 14.9. The number of hydrogen-bond donors (Lipinski definition) is 1. The number of aliphatic imine (C=N–C) groups is 2. The van der Waals surface area contributed by atoms with Crippen LogP contribution in [0.5, 0.6) is 0 Å². The summed E-state index contributed by atoms with van der Waals surface area (Å²) in [5.74, 6) is 1.76. The largest absolute Gasteiger partial charge is 0.372 e. The molecule has 7 rings (SSSR count). The molecular formula is C35H32FN7. The molecule has 2 aliphatic rings. The Morgan fingerprint density at radius 1 is 0.814 bits per heavy atom. The summed E-state index contributed by atoms with van der Waals surface area (Å²) in [6.07, 6.45) is 0. The first-order chi connectivity index (χ1) is 21.1. The molecule has 0 aliphatic carbocycles. The van der Waals surface area contributed by atoms with E-state index in [2.05, 4.69) is 59.3 Å². The zero-order valence-corrected chi connectivity index (χ0v) is 24.4. The summed E-state index contributed by atoms with van der Waals surface area (Å²) in [7, 11) is 0. The molecule has 0 saturated carbocycles. The van der Waals surface area contributed by atoms with E-state index in [-0.39, 0.29) is 11.9 Å². The molecule has 0 spiro atoms. The van der Waals surface area contributed by atoms with Crippen LogP contribution in [-0.2, 0) is 0 Å². The number of benzene rings is 4. The standard InChI is InChI=1S/C35H32FN7/c1-4-41(5-2)27-21-19-26(20-22-27)37-33-35-39-34-31(23(3)40-43(34)28-11-7-6-8-12-28)32(24-15-17-25(36)18-16-24)42(35)30-14-10-9-13-29(30)38-33/h6-22,32H,4-5H2,1-3H3,(H,37,38)/t32-/m1/s1. The van der Waals surface area contributed by atoms with Crippen molar-refractivity contribution < 1.29 is 4.39 Å². The highest BCUT2D eigenvalue weighted by Gasteiger charge is 2.41. The molecule has 1 aromatic heterocycles. The van der Waals surface area contributed by atoms with Crippen LogP contribution in [0, 0.1) is 12.7 Å². The van der Waals surface area contributed by atoms with Gasteiger partial charge in [-0.15, -0.1) is 0 Å². The number of fused-ring (bicyclic) bond motifs is 4. The van der Waals surface area contributed by atoms with Crippen molar-refractivity contribution in [2.75, 3.05) is 28.2 Å². The highest BCUT2D eigenvalue weighted by atomic mass is 19.1. The molecule has 0 unspecified atom stereocenters. The molecule has 1 atom stereocenters. The van der Waals surface area contributed by atoms with Gasteiger partial charge in [0.15, 0.2) is 17.5 Å². The number of amidine groups is 2. The summed E-state index contributed by atoms with van der Waals surface area (Å²) in [6.45, 7) is 8.22. The number of rotatable bonds is 6. The van der Waals surface area contributed by atoms with Crippen molar-refractivity contribution in [3.05, 3.63) is 126 Å². The van der Waals surface area contributed by atoms with Gasteiger partial charge in [-0.2, -0.15) is 5.10 Å². The number of aryl methyl sites for hydroxylation is 1. The summed E-state index contributed by atoms with van der Waals surface area (Å²) >= 11 is 0. The fourth-order valence-electron chi connectivity index (χ4n) is 5.99. The second-order valence-electron chi connectivity index (χ2n) is 10.6. The predicted octanol–water partition coefficient (Wildman–Crippen LogP) is 7.96. The summed E-state index contributed by atoms with van der Waals surface area (Å²) in [6, 6.07) is 32.9. The van der Waals surface area contributed by atoms with E-state index in [1.807, 2.05) is 72.3 Å². The van der Waals surface area contributed by atoms with Gasteiger partial charge in [0.05, 0.1) is 28.8 Å². The zero-order valence-electron chi connectivity index (χ0n) is 24.4. The molecule has 0 radical (unpaired) electrons. The third-order valence-corrected chi connectivity index (χ3v) is 8.08. The average molecular weight is 570 g/mol. The Kier molecular flexibility index (Phi) is 6.74. The first-order valence-corrected chi connectivity index (χ1v) is 14.6. The van der Waals surface area contributed by atoms with Crippen LogP contribution in [0.3, 0.4) is 0 Å². The molecule has 7 nitrogen and oxygen atoms in total. The van der Waals surface area contributed by atoms with Crippen molar-refractivity contribution in [1.29, 1.82) is 0 Å². The molecule has 3 heterocycles. The van der Waals surface area contributed by atoms with E-state index in [0.717, 1.165) is 58.5 Å². The maximum Gasteiger partial charge on any atom is 0.179 e. The minimum Gasteiger partial charge on any atom is -0.372 e. The normalized spacial score (nSPS) is 15.2. The summed E-state index contributed by atoms with van der Waals surface area (Å²) < 4.78 is 16.1. The Bertz CT molecular complexity index is 1840. The van der Waals surface area contributed by atoms with Gasteiger partial charge in [0.1, 0.15) is 5.82 Å². The van der Waals surface area contributed by atoms with Crippen molar-refractivity contribution >= 4 is 40.2 Å². The van der Waals surface area contributed by atoms with E-state index in [0.29, 0.717) is 11.7 Å². The lowest BCUT2D eigenvalue weighted by Gasteiger charge is -2.40. The molecule has 2 aliphatic heterocycles. The first kappa shape index (κ1) is 26.6. The van der Waals surface area contributed by atoms with Crippen LogP contribution in [0.25, 0.3) is 5.69 Å². The van der Waals surface area contributed by atoms with E-state index in [9.17, 15) is 4.39 Å². The van der Waals surface area contributed by atoms with Crippen LogP contribution < -0.4 is 15.1 Å². The molecule has 0 amide bonds. The average Bonchev–Trinajstić information content (AvgIpc) is 3.38. The lowest BCUT2D eigenvalue weighted by molar-refractivity contribution is 0.626. The van der Waals surface area contributed by atoms with E-state index >= 15 is 0 Å². The Balaban J connectivity index is 1.42. The molecule has 0 bridgehead atoms. The van der Waals surface area contributed by atoms with Crippen LogP contribution in [0.15, 0.2) is 113 Å². The van der Waals surface area contributed by atoms with E-state index in [1.54, 1.807) is 0 Å².